The van der Waals surface area contributed by atoms with Crippen LogP contribution < -0.4 is 5.73 Å². The predicted molar refractivity (Wildman–Crippen MR) is 140 cm³/mol. The highest BCUT2D eigenvalue weighted by molar-refractivity contribution is 8.01. The van der Waals surface area contributed by atoms with Gasteiger partial charge in [-0.3, -0.25) is 4.79 Å². The van der Waals surface area contributed by atoms with Crippen molar-refractivity contribution in [2.75, 3.05) is 5.73 Å². The molecule has 4 rings (SSSR count). The van der Waals surface area contributed by atoms with Gasteiger partial charge in [0.1, 0.15) is 5.69 Å². The van der Waals surface area contributed by atoms with E-state index in [1.54, 1.807) is 22.5 Å². The van der Waals surface area contributed by atoms with Crippen molar-refractivity contribution in [1.29, 1.82) is 0 Å². The van der Waals surface area contributed by atoms with Crippen molar-refractivity contribution >= 4 is 58.3 Å². The molecule has 0 saturated heterocycles. The molecule has 0 saturated carbocycles. The highest BCUT2D eigenvalue weighted by atomic mass is 35.5. The molecule has 2 aromatic carbocycles. The molecule has 0 aliphatic heterocycles. The van der Waals surface area contributed by atoms with Gasteiger partial charge in [-0.25, -0.2) is 9.67 Å². The lowest BCUT2D eigenvalue weighted by Crippen LogP contribution is -2.01. The summed E-state index contributed by atoms with van der Waals surface area (Å²) in [6.07, 6.45) is 0.823. The Kier molecular flexibility index (Phi) is 6.86. The zero-order chi connectivity index (χ0) is 23.9. The monoisotopic (exact) mass is 516 g/mol. The summed E-state index contributed by atoms with van der Waals surface area (Å²) in [6.45, 7) is 8.10. The standard InChI is InChI=1S/C24H22Cl2N4OS2/c1-12(2)32-23-22(15-5-6-18(25)19(26)10-15)28-24(33-23)30-20(11-31)21(14(4)29-30)16-7-13(3)8-17(27)9-16/h5-12H,27H2,1-4H3. The van der Waals surface area contributed by atoms with Crippen molar-refractivity contribution in [1.82, 2.24) is 14.8 Å². The maximum atomic E-state index is 12.2. The van der Waals surface area contributed by atoms with Crippen molar-refractivity contribution in [2.45, 2.75) is 37.2 Å². The molecule has 0 aliphatic carbocycles. The maximum Gasteiger partial charge on any atom is 0.212 e. The van der Waals surface area contributed by atoms with Crippen molar-refractivity contribution in [2.24, 2.45) is 0 Å². The first-order valence-corrected chi connectivity index (χ1v) is 12.7. The number of carbonyl (C=O) groups is 1. The van der Waals surface area contributed by atoms with E-state index < -0.39 is 0 Å². The summed E-state index contributed by atoms with van der Waals surface area (Å²) in [6, 6.07) is 11.2. The van der Waals surface area contributed by atoms with Crippen LogP contribution in [0.5, 0.6) is 0 Å². The van der Waals surface area contributed by atoms with Gasteiger partial charge in [0.25, 0.3) is 0 Å². The second kappa shape index (κ2) is 9.50. The first-order valence-electron chi connectivity index (χ1n) is 10.2. The Bertz CT molecular complexity index is 1340. The molecular formula is C24H22Cl2N4OS2. The van der Waals surface area contributed by atoms with Crippen LogP contribution in [0, 0.1) is 13.8 Å². The topological polar surface area (TPSA) is 73.8 Å². The number of carbonyl (C=O) groups excluding carboxylic acids is 1. The van der Waals surface area contributed by atoms with Gasteiger partial charge in [0.05, 0.1) is 25.6 Å². The van der Waals surface area contributed by atoms with Crippen LogP contribution in [0.25, 0.3) is 27.5 Å². The van der Waals surface area contributed by atoms with Crippen LogP contribution in [-0.2, 0) is 0 Å². The minimum absolute atomic E-state index is 0.343. The molecule has 0 aliphatic rings. The Hall–Kier alpha value is -2.32. The number of benzene rings is 2. The van der Waals surface area contributed by atoms with Crippen LogP contribution in [0.15, 0.2) is 40.6 Å². The van der Waals surface area contributed by atoms with Crippen LogP contribution >= 0.6 is 46.3 Å². The normalized spacial score (nSPS) is 11.4. The van der Waals surface area contributed by atoms with E-state index in [9.17, 15) is 4.79 Å². The lowest BCUT2D eigenvalue weighted by Gasteiger charge is -2.05. The third-order valence-electron chi connectivity index (χ3n) is 4.90. The Morgan fingerprint density at radius 1 is 1.09 bits per heavy atom. The minimum Gasteiger partial charge on any atom is -0.399 e. The average molecular weight is 518 g/mol. The van der Waals surface area contributed by atoms with Crippen molar-refractivity contribution in [3.63, 3.8) is 0 Å². The highest BCUT2D eigenvalue weighted by Gasteiger charge is 2.23. The molecule has 170 valence electrons. The molecule has 33 heavy (non-hydrogen) atoms. The summed E-state index contributed by atoms with van der Waals surface area (Å²) in [5, 5.41) is 6.59. The molecule has 0 radical (unpaired) electrons. The van der Waals surface area contributed by atoms with Gasteiger partial charge in [0.2, 0.25) is 5.13 Å². The Balaban J connectivity index is 1.90. The number of rotatable bonds is 6. The quantitative estimate of drug-likeness (QED) is 0.163. The van der Waals surface area contributed by atoms with Gasteiger partial charge in [-0.2, -0.15) is 5.10 Å². The summed E-state index contributed by atoms with van der Waals surface area (Å²) >= 11 is 15.6. The van der Waals surface area contributed by atoms with Gasteiger partial charge in [-0.05, 0) is 49.2 Å². The maximum absolute atomic E-state index is 12.2. The molecule has 0 fully saturated rings. The van der Waals surface area contributed by atoms with Crippen LogP contribution in [-0.4, -0.2) is 26.3 Å². The molecule has 4 aromatic rings. The molecule has 2 N–H and O–H groups in total. The zero-order valence-corrected chi connectivity index (χ0v) is 21.7. The Morgan fingerprint density at radius 2 is 1.85 bits per heavy atom. The number of anilines is 1. The van der Waals surface area contributed by atoms with Crippen molar-refractivity contribution in [3.05, 3.63) is 63.4 Å². The molecule has 0 amide bonds. The second-order valence-corrected chi connectivity index (χ2v) is 11.6. The number of hydrogen-bond acceptors (Lipinski definition) is 6. The fourth-order valence-corrected chi connectivity index (χ4v) is 6.40. The number of nitrogens with two attached hydrogens (primary N) is 1. The number of nitrogen functional groups attached to an aromatic ring is 1. The Morgan fingerprint density at radius 3 is 2.48 bits per heavy atom. The van der Waals surface area contributed by atoms with E-state index in [0.29, 0.717) is 31.8 Å². The molecular weight excluding hydrogens is 495 g/mol. The molecule has 2 heterocycles. The summed E-state index contributed by atoms with van der Waals surface area (Å²) < 4.78 is 2.64. The summed E-state index contributed by atoms with van der Waals surface area (Å²) in [4.78, 5) is 17.1. The SMILES string of the molecule is Cc1cc(N)cc(-c2c(C)nn(-c3nc(-c4ccc(Cl)c(Cl)c4)c(SC(C)C)s3)c2C=O)c1. The molecule has 0 bridgehead atoms. The number of hydrogen-bond donors (Lipinski definition) is 1. The van der Waals surface area contributed by atoms with E-state index in [1.165, 1.54) is 11.3 Å². The van der Waals surface area contributed by atoms with E-state index in [2.05, 4.69) is 18.9 Å². The van der Waals surface area contributed by atoms with E-state index in [1.807, 2.05) is 44.2 Å². The average Bonchev–Trinajstić information content (AvgIpc) is 3.29. The number of halogens is 2. The second-order valence-electron chi connectivity index (χ2n) is 7.94. The third kappa shape index (κ3) is 4.82. The fraction of sp³-hybridized carbons (Fsp3) is 0.208. The number of aromatic nitrogens is 3. The van der Waals surface area contributed by atoms with Gasteiger partial charge in [-0.1, -0.05) is 60.5 Å². The molecule has 9 heteroatoms. The number of nitrogens with zero attached hydrogens (tertiary/aromatic N) is 3. The van der Waals surface area contributed by atoms with E-state index in [0.717, 1.165) is 44.1 Å². The van der Waals surface area contributed by atoms with E-state index in [-0.39, 0.29) is 0 Å². The predicted octanol–water partition coefficient (Wildman–Crippen LogP) is 7.48. The molecule has 0 unspecified atom stereocenters. The number of aldehydes is 1. The first kappa shape index (κ1) is 23.8. The minimum atomic E-state index is 0.343. The van der Waals surface area contributed by atoms with Gasteiger partial charge in [-0.15, -0.1) is 11.8 Å². The Labute approximate surface area is 210 Å². The summed E-state index contributed by atoms with van der Waals surface area (Å²) in [5.41, 5.74) is 12.1. The number of thioether (sulfide) groups is 1. The van der Waals surface area contributed by atoms with Gasteiger partial charge in [0, 0.05) is 22.1 Å². The van der Waals surface area contributed by atoms with Crippen LogP contribution in [0.1, 0.15) is 35.6 Å². The van der Waals surface area contributed by atoms with Gasteiger partial charge in [0.15, 0.2) is 6.29 Å². The van der Waals surface area contributed by atoms with Crippen LogP contribution in [0.2, 0.25) is 10.0 Å². The number of aryl methyl sites for hydroxylation is 2. The largest absolute Gasteiger partial charge is 0.399 e. The van der Waals surface area contributed by atoms with E-state index in [4.69, 9.17) is 33.9 Å². The molecule has 5 nitrogen and oxygen atoms in total. The zero-order valence-electron chi connectivity index (χ0n) is 18.5. The number of thiazole rings is 1. The lowest BCUT2D eigenvalue weighted by molar-refractivity contribution is 0.111. The highest BCUT2D eigenvalue weighted by Crippen LogP contribution is 2.42. The van der Waals surface area contributed by atoms with Crippen LogP contribution in [0.4, 0.5) is 5.69 Å². The molecule has 0 spiro atoms. The summed E-state index contributed by atoms with van der Waals surface area (Å²) in [7, 11) is 0. The van der Waals surface area contributed by atoms with Crippen molar-refractivity contribution < 1.29 is 4.79 Å². The first-order chi connectivity index (χ1) is 15.7. The molecule has 0 atom stereocenters. The van der Waals surface area contributed by atoms with Gasteiger partial charge < -0.3 is 5.73 Å². The fourth-order valence-electron chi connectivity index (χ4n) is 3.62. The van der Waals surface area contributed by atoms with E-state index >= 15 is 0 Å². The smallest absolute Gasteiger partial charge is 0.212 e. The van der Waals surface area contributed by atoms with Crippen molar-refractivity contribution in [3.8, 4) is 27.5 Å². The summed E-state index contributed by atoms with van der Waals surface area (Å²) in [5.74, 6) is 0. The molecule has 2 aromatic heterocycles. The lowest BCUT2D eigenvalue weighted by atomic mass is 10.0. The van der Waals surface area contributed by atoms with Gasteiger partial charge >= 0.3 is 0 Å². The third-order valence-corrected chi connectivity index (χ3v) is 7.88. The van der Waals surface area contributed by atoms with Crippen LogP contribution in [0.3, 0.4) is 0 Å².